The van der Waals surface area contributed by atoms with Crippen LogP contribution in [0.2, 0.25) is 5.02 Å². The molecule has 2 rings (SSSR count). The van der Waals surface area contributed by atoms with E-state index in [4.69, 9.17) is 16.3 Å². The third kappa shape index (κ3) is 3.47. The lowest BCUT2D eigenvalue weighted by molar-refractivity contribution is 0.414. The minimum atomic E-state index is 0.0850. The van der Waals surface area contributed by atoms with E-state index in [1.165, 1.54) is 10.5 Å². The van der Waals surface area contributed by atoms with Crippen molar-refractivity contribution in [3.8, 4) is 5.75 Å². The molecule has 0 aliphatic carbocycles. The van der Waals surface area contributed by atoms with E-state index in [9.17, 15) is 0 Å². The molecule has 0 aromatic heterocycles. The van der Waals surface area contributed by atoms with Crippen molar-refractivity contribution in [3.63, 3.8) is 0 Å². The summed E-state index contributed by atoms with van der Waals surface area (Å²) in [6.45, 7) is 0. The second kappa shape index (κ2) is 6.69. The summed E-state index contributed by atoms with van der Waals surface area (Å²) in [5.74, 6) is 0.770. The van der Waals surface area contributed by atoms with Crippen molar-refractivity contribution in [2.24, 2.45) is 0 Å². The summed E-state index contributed by atoms with van der Waals surface area (Å²) in [7, 11) is 1.64. The highest BCUT2D eigenvalue weighted by Gasteiger charge is 2.14. The van der Waals surface area contributed by atoms with Gasteiger partial charge in [0.15, 0.2) is 0 Å². The van der Waals surface area contributed by atoms with Gasteiger partial charge < -0.3 is 4.74 Å². The number of ether oxygens (including phenoxy) is 1. The first kappa shape index (κ1) is 14.8. The Kier molecular flexibility index (Phi) is 5.20. The van der Waals surface area contributed by atoms with E-state index >= 15 is 0 Å². The molecule has 2 aromatic carbocycles. The van der Waals surface area contributed by atoms with Crippen LogP contribution in [0.5, 0.6) is 5.75 Å². The molecular weight excluding hydrogens is 344 g/mol. The van der Waals surface area contributed by atoms with Gasteiger partial charge in [0.25, 0.3) is 0 Å². The van der Waals surface area contributed by atoms with Crippen molar-refractivity contribution in [1.82, 2.24) is 0 Å². The summed E-state index contributed by atoms with van der Waals surface area (Å²) in [6.07, 6.45) is 2.07. The fourth-order valence-corrected chi connectivity index (χ4v) is 3.32. The molecule has 0 fully saturated rings. The zero-order chi connectivity index (χ0) is 13.8. The third-order valence-electron chi connectivity index (χ3n) is 2.89. The fourth-order valence-electron chi connectivity index (χ4n) is 1.79. The molecule has 1 atom stereocenters. The maximum absolute atomic E-state index is 6.30. The topological polar surface area (TPSA) is 9.23 Å². The Bertz CT molecular complexity index is 557. The van der Waals surface area contributed by atoms with Crippen molar-refractivity contribution in [3.05, 3.63) is 58.6 Å². The van der Waals surface area contributed by atoms with Gasteiger partial charge in [-0.15, -0.1) is 11.8 Å². The molecule has 2 aromatic rings. The molecule has 1 nitrogen and oxygen atoms in total. The van der Waals surface area contributed by atoms with Crippen LogP contribution in [-0.2, 0) is 0 Å². The highest BCUT2D eigenvalue weighted by atomic mass is 79.9. The van der Waals surface area contributed by atoms with E-state index in [-0.39, 0.29) is 4.83 Å². The molecule has 19 heavy (non-hydrogen) atoms. The predicted octanol–water partition coefficient (Wildman–Crippen LogP) is 5.55. The standard InChI is InChI=1S/C15H14BrClOS/c1-18-11-5-8-13(14(17)9-11)15(16)10-3-6-12(19-2)7-4-10/h3-9,15H,1-2H3. The monoisotopic (exact) mass is 356 g/mol. The molecule has 0 saturated carbocycles. The summed E-state index contributed by atoms with van der Waals surface area (Å²) in [6, 6.07) is 14.2. The quantitative estimate of drug-likeness (QED) is 0.523. The lowest BCUT2D eigenvalue weighted by atomic mass is 10.0. The van der Waals surface area contributed by atoms with Gasteiger partial charge >= 0.3 is 0 Å². The van der Waals surface area contributed by atoms with Crippen LogP contribution in [0.3, 0.4) is 0 Å². The number of halogens is 2. The number of alkyl halides is 1. The molecule has 0 aliphatic heterocycles. The van der Waals surface area contributed by atoms with Crippen LogP contribution in [0.1, 0.15) is 16.0 Å². The molecule has 0 radical (unpaired) electrons. The van der Waals surface area contributed by atoms with E-state index in [1.54, 1.807) is 18.9 Å². The first-order chi connectivity index (χ1) is 9.15. The summed E-state index contributed by atoms with van der Waals surface area (Å²) in [5, 5.41) is 0.704. The second-order valence-electron chi connectivity index (χ2n) is 4.02. The zero-order valence-electron chi connectivity index (χ0n) is 10.7. The Morgan fingerprint density at radius 2 is 1.84 bits per heavy atom. The average molecular weight is 358 g/mol. The van der Waals surface area contributed by atoms with Gasteiger partial charge in [-0.05, 0) is 41.6 Å². The molecule has 0 amide bonds. The van der Waals surface area contributed by atoms with Gasteiger partial charge in [-0.3, -0.25) is 0 Å². The zero-order valence-corrected chi connectivity index (χ0v) is 13.8. The van der Waals surface area contributed by atoms with Crippen molar-refractivity contribution < 1.29 is 4.74 Å². The summed E-state index contributed by atoms with van der Waals surface area (Å²) < 4.78 is 5.16. The summed E-state index contributed by atoms with van der Waals surface area (Å²) in [5.41, 5.74) is 2.23. The lowest BCUT2D eigenvalue weighted by Gasteiger charge is -2.14. The van der Waals surface area contributed by atoms with Gasteiger partial charge in [0.1, 0.15) is 5.75 Å². The molecule has 0 spiro atoms. The van der Waals surface area contributed by atoms with Crippen LogP contribution in [0.15, 0.2) is 47.4 Å². The molecule has 0 heterocycles. The Morgan fingerprint density at radius 1 is 1.16 bits per heavy atom. The van der Waals surface area contributed by atoms with Crippen molar-refractivity contribution >= 4 is 39.3 Å². The first-order valence-corrected chi connectivity index (χ1v) is 8.29. The summed E-state index contributed by atoms with van der Waals surface area (Å²) >= 11 is 11.7. The Labute approximate surface area is 131 Å². The SMILES string of the molecule is COc1ccc(C(Br)c2ccc(SC)cc2)c(Cl)c1. The number of benzene rings is 2. The third-order valence-corrected chi connectivity index (χ3v) is 4.98. The van der Waals surface area contributed by atoms with Crippen molar-refractivity contribution in [1.29, 1.82) is 0 Å². The van der Waals surface area contributed by atoms with Gasteiger partial charge in [-0.1, -0.05) is 45.7 Å². The van der Waals surface area contributed by atoms with Crippen LogP contribution < -0.4 is 4.74 Å². The van der Waals surface area contributed by atoms with E-state index in [2.05, 4.69) is 46.5 Å². The van der Waals surface area contributed by atoms with Crippen LogP contribution in [0.25, 0.3) is 0 Å². The minimum Gasteiger partial charge on any atom is -0.497 e. The molecular formula is C15H14BrClOS. The van der Waals surface area contributed by atoms with Crippen LogP contribution >= 0.6 is 39.3 Å². The Balaban J connectivity index is 2.29. The van der Waals surface area contributed by atoms with Gasteiger partial charge in [-0.2, -0.15) is 0 Å². The number of hydrogen-bond acceptors (Lipinski definition) is 2. The van der Waals surface area contributed by atoms with E-state index in [0.717, 1.165) is 11.3 Å². The normalized spacial score (nSPS) is 12.2. The molecule has 0 bridgehead atoms. The number of thioether (sulfide) groups is 1. The molecule has 4 heteroatoms. The summed E-state index contributed by atoms with van der Waals surface area (Å²) in [4.78, 5) is 1.34. The van der Waals surface area contributed by atoms with E-state index < -0.39 is 0 Å². The van der Waals surface area contributed by atoms with Gasteiger partial charge in [0.05, 0.1) is 11.9 Å². The van der Waals surface area contributed by atoms with Crippen LogP contribution in [-0.4, -0.2) is 13.4 Å². The minimum absolute atomic E-state index is 0.0850. The maximum Gasteiger partial charge on any atom is 0.120 e. The number of hydrogen-bond donors (Lipinski definition) is 0. The van der Waals surface area contributed by atoms with Gasteiger partial charge in [-0.25, -0.2) is 0 Å². The fraction of sp³-hybridized carbons (Fsp3) is 0.200. The van der Waals surface area contributed by atoms with Crippen molar-refractivity contribution in [2.45, 2.75) is 9.72 Å². The van der Waals surface area contributed by atoms with E-state index in [1.807, 2.05) is 18.2 Å². The smallest absolute Gasteiger partial charge is 0.120 e. The molecule has 0 saturated heterocycles. The number of rotatable bonds is 4. The van der Waals surface area contributed by atoms with Crippen LogP contribution in [0, 0.1) is 0 Å². The Morgan fingerprint density at radius 3 is 2.37 bits per heavy atom. The lowest BCUT2D eigenvalue weighted by Crippen LogP contribution is -1.94. The first-order valence-electron chi connectivity index (χ1n) is 5.77. The van der Waals surface area contributed by atoms with Gasteiger partial charge in [0.2, 0.25) is 0 Å². The maximum atomic E-state index is 6.30. The average Bonchev–Trinajstić information content (AvgIpc) is 2.46. The molecule has 1 unspecified atom stereocenters. The highest BCUT2D eigenvalue weighted by molar-refractivity contribution is 9.09. The molecule has 0 N–H and O–H groups in total. The Hall–Kier alpha value is -0.640. The number of methoxy groups -OCH3 is 1. The highest BCUT2D eigenvalue weighted by Crippen LogP contribution is 2.37. The second-order valence-corrected chi connectivity index (χ2v) is 6.23. The molecule has 100 valence electrons. The predicted molar refractivity (Wildman–Crippen MR) is 87.0 cm³/mol. The van der Waals surface area contributed by atoms with Gasteiger partial charge in [0, 0.05) is 9.92 Å². The van der Waals surface area contributed by atoms with E-state index in [0.29, 0.717) is 5.02 Å². The van der Waals surface area contributed by atoms with Crippen molar-refractivity contribution in [2.75, 3.05) is 13.4 Å². The largest absolute Gasteiger partial charge is 0.497 e. The molecule has 0 aliphatic rings. The van der Waals surface area contributed by atoms with Crippen LogP contribution in [0.4, 0.5) is 0 Å².